The summed E-state index contributed by atoms with van der Waals surface area (Å²) in [5.74, 6) is 2.46. The highest BCUT2D eigenvalue weighted by atomic mass is 16.5. The molecule has 5 rings (SSSR count). The molecule has 39 heavy (non-hydrogen) atoms. The minimum Gasteiger partial charge on any atom is -0.493 e. The lowest BCUT2D eigenvalue weighted by molar-refractivity contribution is 0.355. The SMILES string of the molecule is COc1ccc(-c2cnc3nc(N)nc(N4CCN(C(=Nc5ccc(C)cc5)NC#N)CC4)c3n2)cc1OC. The molecule has 0 atom stereocenters. The van der Waals surface area contributed by atoms with E-state index in [1.807, 2.05) is 60.5 Å². The van der Waals surface area contributed by atoms with Gasteiger partial charge in [-0.05, 0) is 37.3 Å². The Balaban J connectivity index is 1.42. The van der Waals surface area contributed by atoms with Crippen LogP contribution in [0.3, 0.4) is 0 Å². The number of piperazine rings is 1. The minimum atomic E-state index is 0.126. The molecule has 198 valence electrons. The first-order valence-electron chi connectivity index (χ1n) is 12.3. The number of aliphatic imine (C=N–C) groups is 1. The first-order valence-corrected chi connectivity index (χ1v) is 12.3. The average molecular weight is 525 g/mol. The summed E-state index contributed by atoms with van der Waals surface area (Å²) < 4.78 is 10.8. The van der Waals surface area contributed by atoms with Crippen molar-refractivity contribution in [1.29, 1.82) is 5.26 Å². The van der Waals surface area contributed by atoms with Gasteiger partial charge in [0.05, 0.1) is 31.8 Å². The molecule has 0 aliphatic carbocycles. The van der Waals surface area contributed by atoms with Gasteiger partial charge < -0.3 is 25.0 Å². The third kappa shape index (κ3) is 5.42. The highest BCUT2D eigenvalue weighted by molar-refractivity contribution is 5.87. The van der Waals surface area contributed by atoms with E-state index in [0.29, 0.717) is 66.3 Å². The van der Waals surface area contributed by atoms with Crippen molar-refractivity contribution in [2.45, 2.75) is 6.92 Å². The third-order valence-corrected chi connectivity index (χ3v) is 6.40. The fraction of sp³-hybridized carbons (Fsp3) is 0.259. The Morgan fingerprint density at radius 2 is 1.74 bits per heavy atom. The van der Waals surface area contributed by atoms with E-state index in [4.69, 9.17) is 20.2 Å². The number of nitrogen functional groups attached to an aromatic ring is 1. The number of nitrogens with one attached hydrogen (secondary N) is 1. The minimum absolute atomic E-state index is 0.126. The van der Waals surface area contributed by atoms with Crippen LogP contribution in [0, 0.1) is 18.4 Å². The molecule has 1 fully saturated rings. The first kappa shape index (κ1) is 25.5. The second-order valence-electron chi connectivity index (χ2n) is 8.88. The number of ether oxygens (including phenoxy) is 2. The van der Waals surface area contributed by atoms with E-state index < -0.39 is 0 Å². The Labute approximate surface area is 225 Å². The van der Waals surface area contributed by atoms with Crippen molar-refractivity contribution >= 4 is 34.6 Å². The lowest BCUT2D eigenvalue weighted by Gasteiger charge is -2.36. The zero-order valence-electron chi connectivity index (χ0n) is 21.9. The maximum atomic E-state index is 9.31. The van der Waals surface area contributed by atoms with Gasteiger partial charge in [0, 0.05) is 31.7 Å². The Morgan fingerprint density at radius 3 is 2.44 bits per heavy atom. The number of hydrogen-bond donors (Lipinski definition) is 2. The molecule has 0 spiro atoms. The number of nitrogens with two attached hydrogens (primary N) is 1. The molecule has 0 saturated carbocycles. The molecule has 0 radical (unpaired) electrons. The van der Waals surface area contributed by atoms with Crippen LogP contribution in [0.5, 0.6) is 11.5 Å². The van der Waals surface area contributed by atoms with Crippen LogP contribution in [0.25, 0.3) is 22.4 Å². The number of anilines is 2. The number of guanidine groups is 1. The number of nitrogens with zero attached hydrogens (tertiary/aromatic N) is 8. The van der Waals surface area contributed by atoms with E-state index in [1.54, 1.807) is 20.4 Å². The van der Waals surface area contributed by atoms with E-state index in [9.17, 15) is 5.26 Å². The van der Waals surface area contributed by atoms with Gasteiger partial charge in [0.15, 0.2) is 34.7 Å². The van der Waals surface area contributed by atoms with Crippen molar-refractivity contribution in [2.75, 3.05) is 51.0 Å². The normalized spacial score (nSPS) is 13.7. The van der Waals surface area contributed by atoms with Gasteiger partial charge in [0.2, 0.25) is 11.9 Å². The molecule has 0 bridgehead atoms. The number of methoxy groups -OCH3 is 2. The third-order valence-electron chi connectivity index (χ3n) is 6.40. The molecule has 2 aromatic carbocycles. The quantitative estimate of drug-likeness (QED) is 0.172. The highest BCUT2D eigenvalue weighted by Crippen LogP contribution is 2.33. The van der Waals surface area contributed by atoms with Crippen LogP contribution < -0.4 is 25.4 Å². The van der Waals surface area contributed by atoms with E-state index in [0.717, 1.165) is 16.8 Å². The fourth-order valence-electron chi connectivity index (χ4n) is 4.36. The Kier molecular flexibility index (Phi) is 7.22. The van der Waals surface area contributed by atoms with Gasteiger partial charge in [0.1, 0.15) is 0 Å². The van der Waals surface area contributed by atoms with Crippen molar-refractivity contribution in [2.24, 2.45) is 4.99 Å². The lowest BCUT2D eigenvalue weighted by Crippen LogP contribution is -2.52. The predicted molar refractivity (Wildman–Crippen MR) is 149 cm³/mol. The summed E-state index contributed by atoms with van der Waals surface area (Å²) in [6.07, 6.45) is 3.65. The first-order chi connectivity index (χ1) is 19.0. The number of hydrogen-bond acceptors (Lipinski definition) is 10. The molecular formula is C27H28N10O2. The number of aromatic nitrogens is 4. The molecule has 1 aliphatic heterocycles. The molecule has 4 aromatic rings. The molecule has 0 unspecified atom stereocenters. The number of benzene rings is 2. The second kappa shape index (κ2) is 11.1. The van der Waals surface area contributed by atoms with Gasteiger partial charge in [-0.25, -0.2) is 15.0 Å². The van der Waals surface area contributed by atoms with Crippen LogP contribution >= 0.6 is 0 Å². The van der Waals surface area contributed by atoms with Crippen molar-refractivity contribution < 1.29 is 9.47 Å². The molecule has 2 aromatic heterocycles. The summed E-state index contributed by atoms with van der Waals surface area (Å²) in [5, 5.41) is 12.0. The lowest BCUT2D eigenvalue weighted by atomic mass is 10.1. The highest BCUT2D eigenvalue weighted by Gasteiger charge is 2.24. The van der Waals surface area contributed by atoms with Crippen LogP contribution in [-0.2, 0) is 0 Å². The number of nitriles is 1. The number of fused-ring (bicyclic) bond motifs is 1. The fourth-order valence-corrected chi connectivity index (χ4v) is 4.36. The smallest absolute Gasteiger partial charge is 0.224 e. The summed E-state index contributed by atoms with van der Waals surface area (Å²) in [6.45, 7) is 4.44. The van der Waals surface area contributed by atoms with Crippen LogP contribution in [0.15, 0.2) is 53.7 Å². The summed E-state index contributed by atoms with van der Waals surface area (Å²) >= 11 is 0. The van der Waals surface area contributed by atoms with E-state index in [-0.39, 0.29) is 5.95 Å². The van der Waals surface area contributed by atoms with Gasteiger partial charge in [-0.3, -0.25) is 5.32 Å². The maximum absolute atomic E-state index is 9.31. The van der Waals surface area contributed by atoms with E-state index >= 15 is 0 Å². The van der Waals surface area contributed by atoms with Gasteiger partial charge in [-0.2, -0.15) is 15.2 Å². The zero-order valence-corrected chi connectivity index (χ0v) is 21.9. The van der Waals surface area contributed by atoms with E-state index in [1.165, 1.54) is 0 Å². The van der Waals surface area contributed by atoms with Crippen molar-refractivity contribution in [3.8, 4) is 28.9 Å². The molecule has 1 saturated heterocycles. The van der Waals surface area contributed by atoms with E-state index in [2.05, 4.69) is 30.2 Å². The van der Waals surface area contributed by atoms with Crippen LogP contribution in [-0.4, -0.2) is 71.2 Å². The molecule has 3 heterocycles. The molecule has 3 N–H and O–H groups in total. The zero-order chi connectivity index (χ0) is 27.4. The van der Waals surface area contributed by atoms with Gasteiger partial charge in [0.25, 0.3) is 0 Å². The molecule has 12 heteroatoms. The molecule has 12 nitrogen and oxygen atoms in total. The van der Waals surface area contributed by atoms with Crippen molar-refractivity contribution in [1.82, 2.24) is 30.2 Å². The van der Waals surface area contributed by atoms with Gasteiger partial charge in [-0.1, -0.05) is 17.7 Å². The Morgan fingerprint density at radius 1 is 1.00 bits per heavy atom. The number of aryl methyl sites for hydroxylation is 1. The topological polar surface area (TPSA) is 151 Å². The molecular weight excluding hydrogens is 496 g/mol. The average Bonchev–Trinajstić information content (AvgIpc) is 2.97. The van der Waals surface area contributed by atoms with Crippen LogP contribution in [0.1, 0.15) is 5.56 Å². The van der Waals surface area contributed by atoms with Gasteiger partial charge >= 0.3 is 0 Å². The Hall–Kier alpha value is -5.18. The summed E-state index contributed by atoms with van der Waals surface area (Å²) in [5.41, 5.74) is 10.4. The number of rotatable bonds is 5. The van der Waals surface area contributed by atoms with Crippen LogP contribution in [0.2, 0.25) is 0 Å². The summed E-state index contributed by atoms with van der Waals surface area (Å²) in [4.78, 5) is 27.0. The van der Waals surface area contributed by atoms with Crippen molar-refractivity contribution in [3.63, 3.8) is 0 Å². The predicted octanol–water partition coefficient (Wildman–Crippen LogP) is 2.88. The largest absolute Gasteiger partial charge is 0.493 e. The van der Waals surface area contributed by atoms with Crippen LogP contribution in [0.4, 0.5) is 17.5 Å². The second-order valence-corrected chi connectivity index (χ2v) is 8.88. The maximum Gasteiger partial charge on any atom is 0.224 e. The Bertz CT molecular complexity index is 1560. The van der Waals surface area contributed by atoms with Gasteiger partial charge in [-0.15, -0.1) is 0 Å². The molecule has 1 aliphatic rings. The summed E-state index contributed by atoms with van der Waals surface area (Å²) in [7, 11) is 3.18. The molecule has 0 amide bonds. The standard InChI is InChI=1S/C27H28N10O2/c1-17-4-7-19(8-5-17)32-27(31-16-28)37-12-10-36(11-13-37)25-23-24(34-26(29)35-25)30-15-20(33-23)18-6-9-21(38-2)22(14-18)39-3/h4-9,14-15H,10-13H2,1-3H3,(H,31,32)(H2,29,30,34,35). The van der Waals surface area contributed by atoms with Crippen molar-refractivity contribution in [3.05, 3.63) is 54.2 Å². The monoisotopic (exact) mass is 524 g/mol. The summed E-state index contributed by atoms with van der Waals surface area (Å²) in [6, 6.07) is 13.4.